The second-order valence-corrected chi connectivity index (χ2v) is 6.72. The van der Waals surface area contributed by atoms with Gasteiger partial charge in [-0.25, -0.2) is 0 Å². The smallest absolute Gasteiger partial charge is 0.182 e. The van der Waals surface area contributed by atoms with E-state index in [1.54, 1.807) is 18.2 Å². The molecule has 1 aromatic carbocycles. The van der Waals surface area contributed by atoms with Crippen molar-refractivity contribution in [2.24, 2.45) is 4.36 Å². The molecule has 0 spiro atoms. The van der Waals surface area contributed by atoms with Gasteiger partial charge in [0.2, 0.25) is 0 Å². The van der Waals surface area contributed by atoms with E-state index in [0.717, 1.165) is 15.7 Å². The zero-order valence-electron chi connectivity index (χ0n) is 6.88. The highest BCUT2D eigenvalue weighted by Crippen LogP contribution is 2.42. The molecule has 82 valence electrons. The van der Waals surface area contributed by atoms with Crippen molar-refractivity contribution in [3.63, 3.8) is 0 Å². The minimum Gasteiger partial charge on any atom is -0.182 e. The van der Waals surface area contributed by atoms with E-state index < -0.39 is 20.2 Å². The average Bonchev–Trinajstić information content (AvgIpc) is 2.42. The van der Waals surface area contributed by atoms with Gasteiger partial charge in [0.25, 0.3) is 10.0 Å². The highest BCUT2D eigenvalue weighted by atomic mass is 35.7. The monoisotopic (exact) mass is 287 g/mol. The first kappa shape index (κ1) is 11.6. The summed E-state index contributed by atoms with van der Waals surface area (Å²) < 4.78 is 39.0. The van der Waals surface area contributed by atoms with Crippen molar-refractivity contribution in [2.45, 2.75) is 4.90 Å². The van der Waals surface area contributed by atoms with E-state index in [-0.39, 0.29) is 0 Å². The van der Waals surface area contributed by atoms with Gasteiger partial charge < -0.3 is 0 Å². The van der Waals surface area contributed by atoms with E-state index in [0.29, 0.717) is 10.7 Å². The number of hydrogen-bond donors (Lipinski definition) is 0. The lowest BCUT2D eigenvalue weighted by Crippen LogP contribution is -2.60. The Hall–Kier alpha value is 0.140. The first-order valence-corrected chi connectivity index (χ1v) is 7.54. The third-order valence-corrected chi connectivity index (χ3v) is 5.34. The number of benzene rings is 1. The third-order valence-electron chi connectivity index (χ3n) is 1.39. The molecule has 0 saturated heterocycles. The predicted octanol–water partition coefficient (Wildman–Crippen LogP) is -0.377. The van der Waals surface area contributed by atoms with Gasteiger partial charge in [-0.2, -0.15) is 18.3 Å². The van der Waals surface area contributed by atoms with Gasteiger partial charge in [-0.1, -0.05) is 11.6 Å². The van der Waals surface area contributed by atoms with E-state index in [1.807, 2.05) is 0 Å². The summed E-state index contributed by atoms with van der Waals surface area (Å²) in [6.07, 6.45) is 0. The molecule has 0 fully saturated rings. The molecule has 0 radical (unpaired) electrons. The highest BCUT2D eigenvalue weighted by Gasteiger charge is 2.29. The molecule has 1 heterocycles. The molecular weight excluding hydrogens is 285 g/mol. The highest BCUT2D eigenvalue weighted by molar-refractivity contribution is 8.68. The molecule has 1 aliphatic heterocycles. The Balaban J connectivity index is 2.20. The van der Waals surface area contributed by atoms with Gasteiger partial charge in [0, 0.05) is 20.7 Å². The molecule has 1 aromatic rings. The fourth-order valence-corrected chi connectivity index (χ4v) is 4.72. The summed E-state index contributed by atoms with van der Waals surface area (Å²) in [5.41, 5.74) is 0.537. The molecular formula is C6H3Cl2NO4S2. The van der Waals surface area contributed by atoms with Crippen LogP contribution in [0.25, 0.3) is 0 Å². The fraction of sp³-hybridized carbons (Fsp3) is 0. The van der Waals surface area contributed by atoms with Crippen LogP contribution < -0.4 is 14.0 Å². The lowest BCUT2D eigenvalue weighted by molar-refractivity contribution is -1.91. The van der Waals surface area contributed by atoms with Crippen molar-refractivity contribution >= 4 is 38.1 Å². The van der Waals surface area contributed by atoms with E-state index in [2.05, 4.69) is 8.10 Å². The van der Waals surface area contributed by atoms with Crippen molar-refractivity contribution in [1.29, 1.82) is 0 Å². The van der Waals surface area contributed by atoms with Crippen molar-refractivity contribution in [3.05, 3.63) is 23.2 Å². The lowest BCUT2D eigenvalue weighted by atomic mass is 10.3. The number of halogens is 2. The molecule has 1 unspecified atom stereocenters. The maximum Gasteiger partial charge on any atom is 0.268 e. The topological polar surface area (TPSA) is 90.8 Å². The minimum atomic E-state index is -4.45. The zero-order chi connectivity index (χ0) is 11.1. The lowest BCUT2D eigenvalue weighted by Gasteiger charge is -2.10. The molecule has 0 N–H and O–H groups in total. The minimum absolute atomic E-state index is 0.492. The Bertz CT molecular complexity index is 434. The van der Waals surface area contributed by atoms with Crippen LogP contribution in [0.3, 0.4) is 0 Å². The van der Waals surface area contributed by atoms with Crippen LogP contribution in [0.1, 0.15) is 0 Å². The van der Waals surface area contributed by atoms with Crippen molar-refractivity contribution in [1.82, 2.24) is 0 Å². The Morgan fingerprint density at radius 1 is 1.40 bits per heavy atom. The summed E-state index contributed by atoms with van der Waals surface area (Å²) in [5.74, 6) is 0. The van der Waals surface area contributed by atoms with E-state index in [9.17, 15) is 14.0 Å². The number of fused-ring (bicyclic) bond motifs is 1. The summed E-state index contributed by atoms with van der Waals surface area (Å²) >= 11 is 5.72. The van der Waals surface area contributed by atoms with E-state index in [1.165, 1.54) is 0 Å². The van der Waals surface area contributed by atoms with Gasteiger partial charge in [-0.05, 0) is 18.2 Å². The molecule has 0 aromatic heterocycles. The number of rotatable bonds is 2. The van der Waals surface area contributed by atoms with Gasteiger partial charge >= 0.3 is 0 Å². The molecule has 1 atom stereocenters. The van der Waals surface area contributed by atoms with E-state index in [4.69, 9.17) is 11.6 Å². The van der Waals surface area contributed by atoms with Crippen LogP contribution in [0.4, 0.5) is 5.69 Å². The second kappa shape index (κ2) is 4.19. The average molecular weight is 288 g/mol. The summed E-state index contributed by atoms with van der Waals surface area (Å²) in [6, 6.07) is 4.92. The Morgan fingerprint density at radius 3 is 2.80 bits per heavy atom. The molecule has 1 aliphatic rings. The number of hydrogen-bond acceptors (Lipinski definition) is 6. The Kier molecular flexibility index (Phi) is 3.25. The summed E-state index contributed by atoms with van der Waals surface area (Å²) in [6.45, 7) is 0. The first-order chi connectivity index (χ1) is 6.94. The standard InChI is InChI=1S/C6H3Cl2NO4S2/c7-4-1-2-6-5(3-4)9-15(14-6)13-8(10,11)12/h1-3H. The molecule has 0 saturated carbocycles. The molecule has 0 aliphatic carbocycles. The molecule has 0 amide bonds. The molecule has 2 rings (SSSR count). The van der Waals surface area contributed by atoms with Crippen LogP contribution in [0.5, 0.6) is 0 Å². The molecule has 9 heteroatoms. The van der Waals surface area contributed by atoms with Crippen LogP contribution >= 0.6 is 22.4 Å². The Labute approximate surface area is 98.4 Å². The summed E-state index contributed by atoms with van der Waals surface area (Å²) in [7, 11) is -4.72. The van der Waals surface area contributed by atoms with Gasteiger partial charge in [0.05, 0.1) is 15.9 Å². The maximum absolute atomic E-state index is 10.3. The summed E-state index contributed by atoms with van der Waals surface area (Å²) in [4.78, 5) is 0.738. The van der Waals surface area contributed by atoms with Crippen molar-refractivity contribution in [2.75, 3.05) is 0 Å². The van der Waals surface area contributed by atoms with Gasteiger partial charge in [0.1, 0.15) is 0 Å². The summed E-state index contributed by atoms with van der Waals surface area (Å²) in [5, 5.41) is 0.492. The fourth-order valence-electron chi connectivity index (χ4n) is 0.901. The second-order valence-electron chi connectivity index (χ2n) is 2.44. The van der Waals surface area contributed by atoms with Crippen molar-refractivity contribution in [3.8, 4) is 0 Å². The quantitative estimate of drug-likeness (QED) is 0.692. The largest absolute Gasteiger partial charge is 0.268 e. The number of nitrogens with zero attached hydrogens (tertiary/aromatic N) is 1. The van der Waals surface area contributed by atoms with Crippen LogP contribution in [0.15, 0.2) is 27.5 Å². The predicted molar refractivity (Wildman–Crippen MR) is 47.8 cm³/mol. The molecule has 0 bridgehead atoms. The van der Waals surface area contributed by atoms with Gasteiger partial charge in [-0.3, -0.25) is 0 Å². The van der Waals surface area contributed by atoms with Gasteiger partial charge in [0.15, 0.2) is 3.74 Å². The zero-order valence-corrected chi connectivity index (χ0v) is 10.0. The maximum atomic E-state index is 10.3. The third kappa shape index (κ3) is 3.05. The van der Waals surface area contributed by atoms with Crippen LogP contribution in [0.2, 0.25) is 5.02 Å². The molecule has 15 heavy (non-hydrogen) atoms. The Morgan fingerprint density at radius 2 is 2.13 bits per heavy atom. The SMILES string of the molecule is [O-][Cl+3]([O-])([O-])OS1=Nc2cc(Cl)ccc2S1. The normalized spacial score (nSPS) is 19.9. The molecule has 5 nitrogen and oxygen atoms in total. The first-order valence-electron chi connectivity index (χ1n) is 3.49. The van der Waals surface area contributed by atoms with Crippen LogP contribution in [-0.2, 0) is 13.7 Å². The van der Waals surface area contributed by atoms with Crippen molar-refractivity contribution < 1.29 is 28.0 Å². The van der Waals surface area contributed by atoms with Crippen LogP contribution in [0, 0.1) is 10.2 Å². The van der Waals surface area contributed by atoms with Gasteiger partial charge in [-0.15, -0.1) is 0 Å². The van der Waals surface area contributed by atoms with E-state index >= 15 is 0 Å². The van der Waals surface area contributed by atoms with Crippen LogP contribution in [-0.4, -0.2) is 0 Å².